The Kier molecular flexibility index (Phi) is 5.50. The lowest BCUT2D eigenvalue weighted by atomic mass is 10.2. The van der Waals surface area contributed by atoms with E-state index in [1.54, 1.807) is 30.3 Å². The zero-order chi connectivity index (χ0) is 15.2. The SMILES string of the molecule is O=C(NCc1ccc(Cl)cc1Cl)NCC(O)c1ccco1. The minimum atomic E-state index is -0.884. The second-order valence-electron chi connectivity index (χ2n) is 4.33. The number of urea groups is 1. The first-order valence-electron chi connectivity index (χ1n) is 6.23. The number of amides is 2. The number of carbonyl (C=O) groups excluding carboxylic acids is 1. The van der Waals surface area contributed by atoms with E-state index in [0.29, 0.717) is 15.8 Å². The van der Waals surface area contributed by atoms with Gasteiger partial charge in [-0.1, -0.05) is 29.3 Å². The third kappa shape index (κ3) is 4.67. The third-order valence-corrected chi connectivity index (χ3v) is 3.37. The number of carbonyl (C=O) groups is 1. The summed E-state index contributed by atoms with van der Waals surface area (Å²) in [6.07, 6.45) is 0.575. The number of aliphatic hydroxyl groups excluding tert-OH is 1. The minimum Gasteiger partial charge on any atom is -0.467 e. The van der Waals surface area contributed by atoms with E-state index in [0.717, 1.165) is 5.56 Å². The first-order valence-corrected chi connectivity index (χ1v) is 6.99. The smallest absolute Gasteiger partial charge is 0.315 e. The van der Waals surface area contributed by atoms with Crippen LogP contribution < -0.4 is 10.6 Å². The first-order chi connectivity index (χ1) is 10.1. The number of halogens is 2. The maximum atomic E-state index is 11.6. The summed E-state index contributed by atoms with van der Waals surface area (Å²) in [5.74, 6) is 0.399. The van der Waals surface area contributed by atoms with Crippen LogP contribution in [-0.4, -0.2) is 17.7 Å². The molecule has 0 radical (unpaired) electrons. The van der Waals surface area contributed by atoms with Crippen molar-refractivity contribution in [3.05, 3.63) is 58.0 Å². The topological polar surface area (TPSA) is 74.5 Å². The van der Waals surface area contributed by atoms with Crippen molar-refractivity contribution in [3.8, 4) is 0 Å². The molecule has 1 heterocycles. The molecule has 0 spiro atoms. The Hall–Kier alpha value is -1.69. The molecule has 0 aliphatic heterocycles. The van der Waals surface area contributed by atoms with Gasteiger partial charge in [0.25, 0.3) is 0 Å². The summed E-state index contributed by atoms with van der Waals surface area (Å²) in [4.78, 5) is 11.6. The van der Waals surface area contributed by atoms with Gasteiger partial charge in [0.2, 0.25) is 0 Å². The van der Waals surface area contributed by atoms with Crippen LogP contribution in [0.1, 0.15) is 17.4 Å². The number of aliphatic hydroxyl groups is 1. The van der Waals surface area contributed by atoms with Crippen LogP contribution in [0.25, 0.3) is 0 Å². The predicted octanol–water partition coefficient (Wildman–Crippen LogP) is 3.12. The van der Waals surface area contributed by atoms with Gasteiger partial charge in [0, 0.05) is 16.6 Å². The number of nitrogens with one attached hydrogen (secondary N) is 2. The fraction of sp³-hybridized carbons (Fsp3) is 0.214. The fourth-order valence-corrected chi connectivity index (χ4v) is 2.15. The molecule has 0 saturated heterocycles. The average Bonchev–Trinajstić information content (AvgIpc) is 2.98. The Labute approximate surface area is 131 Å². The number of benzene rings is 1. The fourth-order valence-electron chi connectivity index (χ4n) is 1.67. The third-order valence-electron chi connectivity index (χ3n) is 2.78. The summed E-state index contributed by atoms with van der Waals surface area (Å²) in [7, 11) is 0. The Morgan fingerprint density at radius 3 is 2.76 bits per heavy atom. The van der Waals surface area contributed by atoms with E-state index < -0.39 is 12.1 Å². The van der Waals surface area contributed by atoms with Crippen LogP contribution in [0, 0.1) is 0 Å². The molecule has 7 heteroatoms. The number of hydrogen-bond donors (Lipinski definition) is 3. The van der Waals surface area contributed by atoms with E-state index >= 15 is 0 Å². The highest BCUT2D eigenvalue weighted by Crippen LogP contribution is 2.20. The van der Waals surface area contributed by atoms with Crippen LogP contribution in [0.5, 0.6) is 0 Å². The van der Waals surface area contributed by atoms with Crippen molar-refractivity contribution in [2.45, 2.75) is 12.6 Å². The molecule has 1 atom stereocenters. The molecule has 0 fully saturated rings. The van der Waals surface area contributed by atoms with Crippen molar-refractivity contribution >= 4 is 29.2 Å². The summed E-state index contributed by atoms with van der Waals surface area (Å²) >= 11 is 11.8. The molecule has 3 N–H and O–H groups in total. The zero-order valence-electron chi connectivity index (χ0n) is 11.0. The second kappa shape index (κ2) is 7.36. The van der Waals surface area contributed by atoms with Gasteiger partial charge in [-0.15, -0.1) is 0 Å². The summed E-state index contributed by atoms with van der Waals surface area (Å²) < 4.78 is 5.03. The van der Waals surface area contributed by atoms with E-state index in [1.165, 1.54) is 6.26 Å². The summed E-state index contributed by atoms with van der Waals surface area (Å²) in [5, 5.41) is 16.0. The lowest BCUT2D eigenvalue weighted by molar-refractivity contribution is 0.148. The number of hydrogen-bond acceptors (Lipinski definition) is 3. The van der Waals surface area contributed by atoms with Crippen LogP contribution in [0.4, 0.5) is 4.79 Å². The highest BCUT2D eigenvalue weighted by Gasteiger charge is 2.11. The van der Waals surface area contributed by atoms with Gasteiger partial charge in [0.15, 0.2) is 0 Å². The highest BCUT2D eigenvalue weighted by atomic mass is 35.5. The maximum Gasteiger partial charge on any atom is 0.315 e. The molecule has 0 saturated carbocycles. The Morgan fingerprint density at radius 2 is 2.10 bits per heavy atom. The summed E-state index contributed by atoms with van der Waals surface area (Å²) in [6.45, 7) is 0.312. The van der Waals surface area contributed by atoms with E-state index in [1.807, 2.05) is 0 Å². The minimum absolute atomic E-state index is 0.0493. The molecule has 21 heavy (non-hydrogen) atoms. The molecule has 112 valence electrons. The van der Waals surface area contributed by atoms with Crippen molar-refractivity contribution in [1.29, 1.82) is 0 Å². The monoisotopic (exact) mass is 328 g/mol. The molecule has 2 aromatic rings. The molecule has 5 nitrogen and oxygen atoms in total. The van der Waals surface area contributed by atoms with Crippen molar-refractivity contribution < 1.29 is 14.3 Å². The van der Waals surface area contributed by atoms with Crippen LogP contribution in [0.3, 0.4) is 0 Å². The molecule has 2 rings (SSSR count). The van der Waals surface area contributed by atoms with Gasteiger partial charge in [-0.05, 0) is 29.8 Å². The van der Waals surface area contributed by atoms with E-state index in [-0.39, 0.29) is 13.1 Å². The molecule has 0 bridgehead atoms. The van der Waals surface area contributed by atoms with E-state index in [2.05, 4.69) is 10.6 Å². The van der Waals surface area contributed by atoms with Crippen LogP contribution >= 0.6 is 23.2 Å². The largest absolute Gasteiger partial charge is 0.467 e. The van der Waals surface area contributed by atoms with Gasteiger partial charge >= 0.3 is 6.03 Å². The van der Waals surface area contributed by atoms with Crippen LogP contribution in [0.2, 0.25) is 10.0 Å². The molecule has 1 unspecified atom stereocenters. The lowest BCUT2D eigenvalue weighted by Crippen LogP contribution is -2.37. The molecule has 0 aliphatic carbocycles. The van der Waals surface area contributed by atoms with E-state index in [9.17, 15) is 9.90 Å². The Morgan fingerprint density at radius 1 is 1.29 bits per heavy atom. The van der Waals surface area contributed by atoms with Gasteiger partial charge in [0.05, 0.1) is 12.8 Å². The first kappa shape index (κ1) is 15.7. The zero-order valence-corrected chi connectivity index (χ0v) is 12.5. The van der Waals surface area contributed by atoms with Gasteiger partial charge < -0.3 is 20.2 Å². The second-order valence-corrected chi connectivity index (χ2v) is 5.17. The Bertz CT molecular complexity index is 602. The Balaban J connectivity index is 1.77. The van der Waals surface area contributed by atoms with Crippen molar-refractivity contribution in [3.63, 3.8) is 0 Å². The van der Waals surface area contributed by atoms with Gasteiger partial charge in [-0.2, -0.15) is 0 Å². The lowest BCUT2D eigenvalue weighted by Gasteiger charge is -2.11. The van der Waals surface area contributed by atoms with Gasteiger partial charge in [0.1, 0.15) is 11.9 Å². The normalized spacial score (nSPS) is 12.0. The molecule has 1 aromatic carbocycles. The van der Waals surface area contributed by atoms with Gasteiger partial charge in [-0.3, -0.25) is 0 Å². The van der Waals surface area contributed by atoms with E-state index in [4.69, 9.17) is 27.6 Å². The summed E-state index contributed by atoms with van der Waals surface area (Å²) in [6, 6.07) is 7.94. The van der Waals surface area contributed by atoms with Crippen LogP contribution in [0.15, 0.2) is 41.0 Å². The number of rotatable bonds is 5. The predicted molar refractivity (Wildman–Crippen MR) is 80.4 cm³/mol. The van der Waals surface area contributed by atoms with Crippen molar-refractivity contribution in [2.75, 3.05) is 6.54 Å². The average molecular weight is 329 g/mol. The van der Waals surface area contributed by atoms with Gasteiger partial charge in [-0.25, -0.2) is 4.79 Å². The standard InChI is InChI=1S/C14H14Cl2N2O3/c15-10-4-3-9(11(16)6-10)7-17-14(20)18-8-12(19)13-2-1-5-21-13/h1-6,12,19H,7-8H2,(H2,17,18,20). The van der Waals surface area contributed by atoms with Crippen molar-refractivity contribution in [1.82, 2.24) is 10.6 Å². The molecular weight excluding hydrogens is 315 g/mol. The highest BCUT2D eigenvalue weighted by molar-refractivity contribution is 6.35. The molecule has 1 aromatic heterocycles. The molecule has 0 aliphatic rings. The quantitative estimate of drug-likeness (QED) is 0.789. The maximum absolute atomic E-state index is 11.6. The molecular formula is C14H14Cl2N2O3. The van der Waals surface area contributed by atoms with Crippen molar-refractivity contribution in [2.24, 2.45) is 0 Å². The molecule has 2 amide bonds. The van der Waals surface area contributed by atoms with Crippen LogP contribution in [-0.2, 0) is 6.54 Å². The summed E-state index contributed by atoms with van der Waals surface area (Å²) in [5.41, 5.74) is 0.753. The number of furan rings is 1.